The summed E-state index contributed by atoms with van der Waals surface area (Å²) >= 11 is 5.96. The molecule has 0 atom stereocenters. The Hall–Kier alpha value is -2.74. The van der Waals surface area contributed by atoms with Crippen molar-refractivity contribution in [3.05, 3.63) is 63.5 Å². The summed E-state index contributed by atoms with van der Waals surface area (Å²) in [6, 6.07) is 8.91. The van der Waals surface area contributed by atoms with E-state index < -0.39 is 17.4 Å². The molecule has 0 bridgehead atoms. The number of H-pyrrole nitrogens is 1. The van der Waals surface area contributed by atoms with Crippen LogP contribution in [0.2, 0.25) is 5.02 Å². The van der Waals surface area contributed by atoms with Gasteiger partial charge in [0.15, 0.2) is 5.82 Å². The van der Waals surface area contributed by atoms with Gasteiger partial charge in [0.1, 0.15) is 5.75 Å². The maximum absolute atomic E-state index is 12.6. The second-order valence-corrected chi connectivity index (χ2v) is 5.52. The van der Waals surface area contributed by atoms with E-state index in [-0.39, 0.29) is 11.5 Å². The molecule has 1 aromatic heterocycles. The molecule has 1 N–H and O–H groups in total. The molecule has 0 aliphatic heterocycles. The molecule has 1 heterocycles. The van der Waals surface area contributed by atoms with Crippen molar-refractivity contribution in [3.8, 4) is 22.8 Å². The average molecular weight is 370 g/mol. The highest BCUT2D eigenvalue weighted by Gasteiger charge is 2.30. The SMILES string of the molecule is COc1ccc(Cl)cc1-c1nn(-c2ccc(C(F)(F)F)cc2)c(=O)[nH]1. The number of hydrogen-bond acceptors (Lipinski definition) is 3. The summed E-state index contributed by atoms with van der Waals surface area (Å²) in [6.07, 6.45) is -4.45. The highest BCUT2D eigenvalue weighted by molar-refractivity contribution is 6.30. The van der Waals surface area contributed by atoms with E-state index in [0.717, 1.165) is 16.8 Å². The Morgan fingerprint density at radius 3 is 2.44 bits per heavy atom. The number of rotatable bonds is 3. The zero-order valence-corrected chi connectivity index (χ0v) is 13.5. The lowest BCUT2D eigenvalue weighted by atomic mass is 10.2. The molecule has 0 amide bonds. The summed E-state index contributed by atoms with van der Waals surface area (Å²) < 4.78 is 44.1. The second-order valence-electron chi connectivity index (χ2n) is 5.08. The van der Waals surface area contributed by atoms with Crippen LogP contribution in [0.1, 0.15) is 5.56 Å². The lowest BCUT2D eigenvalue weighted by Gasteiger charge is -2.07. The van der Waals surface area contributed by atoms with Crippen LogP contribution in [0.5, 0.6) is 5.75 Å². The van der Waals surface area contributed by atoms with E-state index >= 15 is 0 Å². The van der Waals surface area contributed by atoms with Gasteiger partial charge in [0.05, 0.1) is 23.9 Å². The Balaban J connectivity index is 2.04. The summed E-state index contributed by atoms with van der Waals surface area (Å²) in [6.45, 7) is 0. The van der Waals surface area contributed by atoms with Crippen molar-refractivity contribution in [2.24, 2.45) is 0 Å². The molecule has 130 valence electrons. The van der Waals surface area contributed by atoms with Crippen molar-refractivity contribution < 1.29 is 17.9 Å². The number of aromatic nitrogens is 3. The molecule has 2 aromatic carbocycles. The van der Waals surface area contributed by atoms with Gasteiger partial charge >= 0.3 is 11.9 Å². The predicted octanol–water partition coefficient (Wildman–Crippen LogP) is 3.91. The average Bonchev–Trinajstić information content (AvgIpc) is 2.96. The fraction of sp³-hybridized carbons (Fsp3) is 0.125. The summed E-state index contributed by atoms with van der Waals surface area (Å²) in [7, 11) is 1.46. The minimum atomic E-state index is -4.45. The predicted molar refractivity (Wildman–Crippen MR) is 86.2 cm³/mol. The molecule has 0 spiro atoms. The Kier molecular flexibility index (Phi) is 4.30. The van der Waals surface area contributed by atoms with Gasteiger partial charge in [0.2, 0.25) is 0 Å². The van der Waals surface area contributed by atoms with E-state index in [9.17, 15) is 18.0 Å². The van der Waals surface area contributed by atoms with Crippen LogP contribution in [-0.2, 0) is 6.18 Å². The molecule has 9 heteroatoms. The van der Waals surface area contributed by atoms with Gasteiger partial charge in [-0.15, -0.1) is 5.10 Å². The summed E-state index contributed by atoms with van der Waals surface area (Å²) in [5, 5.41) is 4.54. The second kappa shape index (κ2) is 6.29. The Morgan fingerprint density at radius 2 is 1.84 bits per heavy atom. The smallest absolute Gasteiger partial charge is 0.416 e. The number of aromatic amines is 1. The van der Waals surface area contributed by atoms with Crippen LogP contribution < -0.4 is 10.4 Å². The van der Waals surface area contributed by atoms with E-state index in [2.05, 4.69) is 10.1 Å². The lowest BCUT2D eigenvalue weighted by molar-refractivity contribution is -0.137. The van der Waals surface area contributed by atoms with Crippen LogP contribution in [-0.4, -0.2) is 21.9 Å². The number of nitrogens with zero attached hydrogens (tertiary/aromatic N) is 2. The number of halogens is 4. The van der Waals surface area contributed by atoms with Crippen molar-refractivity contribution >= 4 is 11.6 Å². The van der Waals surface area contributed by atoms with Gasteiger partial charge in [-0.25, -0.2) is 4.79 Å². The number of hydrogen-bond donors (Lipinski definition) is 1. The maximum Gasteiger partial charge on any atom is 0.416 e. The molecule has 0 saturated carbocycles. The fourth-order valence-electron chi connectivity index (χ4n) is 2.28. The summed E-state index contributed by atoms with van der Waals surface area (Å²) in [5.41, 5.74) is -0.757. The van der Waals surface area contributed by atoms with Gasteiger partial charge in [0.25, 0.3) is 0 Å². The normalized spacial score (nSPS) is 11.6. The topological polar surface area (TPSA) is 59.9 Å². The van der Waals surface area contributed by atoms with Crippen molar-refractivity contribution in [2.75, 3.05) is 7.11 Å². The quantitative estimate of drug-likeness (QED) is 0.761. The third kappa shape index (κ3) is 3.39. The molecular weight excluding hydrogens is 359 g/mol. The number of benzene rings is 2. The zero-order chi connectivity index (χ0) is 18.2. The highest BCUT2D eigenvalue weighted by atomic mass is 35.5. The summed E-state index contributed by atoms with van der Waals surface area (Å²) in [4.78, 5) is 14.7. The van der Waals surface area contributed by atoms with Crippen LogP contribution >= 0.6 is 11.6 Å². The molecule has 0 saturated heterocycles. The molecule has 5 nitrogen and oxygen atoms in total. The zero-order valence-electron chi connectivity index (χ0n) is 12.8. The van der Waals surface area contributed by atoms with Crippen molar-refractivity contribution in [3.63, 3.8) is 0 Å². The summed E-state index contributed by atoms with van der Waals surface area (Å²) in [5.74, 6) is 0.627. The monoisotopic (exact) mass is 369 g/mol. The van der Waals surface area contributed by atoms with Crippen molar-refractivity contribution in [1.29, 1.82) is 0 Å². The van der Waals surface area contributed by atoms with E-state index in [4.69, 9.17) is 16.3 Å². The van der Waals surface area contributed by atoms with Crippen LogP contribution in [0.3, 0.4) is 0 Å². The highest BCUT2D eigenvalue weighted by Crippen LogP contribution is 2.31. The number of methoxy groups -OCH3 is 1. The molecule has 0 unspecified atom stereocenters. The Bertz CT molecular complexity index is 962. The number of ether oxygens (including phenoxy) is 1. The fourth-order valence-corrected chi connectivity index (χ4v) is 2.45. The van der Waals surface area contributed by atoms with Gasteiger partial charge in [-0.05, 0) is 42.5 Å². The van der Waals surface area contributed by atoms with E-state index in [1.165, 1.54) is 19.2 Å². The first kappa shape index (κ1) is 17.1. The Labute approximate surface area is 144 Å². The minimum Gasteiger partial charge on any atom is -0.496 e. The van der Waals surface area contributed by atoms with Gasteiger partial charge in [-0.2, -0.15) is 17.9 Å². The standard InChI is InChI=1S/C16H11ClF3N3O2/c1-25-13-7-4-10(17)8-12(13)14-21-15(24)23(22-14)11-5-2-9(3-6-11)16(18,19)20/h2-8H,1H3,(H,21,22,24). The molecule has 0 aliphatic carbocycles. The van der Waals surface area contributed by atoms with Gasteiger partial charge in [0, 0.05) is 5.02 Å². The molecule has 3 rings (SSSR count). The van der Waals surface area contributed by atoms with Crippen LogP contribution in [0.25, 0.3) is 17.1 Å². The van der Waals surface area contributed by atoms with Gasteiger partial charge < -0.3 is 4.74 Å². The minimum absolute atomic E-state index is 0.184. The van der Waals surface area contributed by atoms with Gasteiger partial charge in [-0.3, -0.25) is 4.98 Å². The Morgan fingerprint density at radius 1 is 1.16 bits per heavy atom. The molecular formula is C16H11ClF3N3O2. The number of alkyl halides is 3. The first-order valence-electron chi connectivity index (χ1n) is 7.00. The van der Waals surface area contributed by atoms with Crippen molar-refractivity contribution in [2.45, 2.75) is 6.18 Å². The lowest BCUT2D eigenvalue weighted by Crippen LogP contribution is -2.16. The first-order chi connectivity index (χ1) is 11.8. The van der Waals surface area contributed by atoms with Crippen molar-refractivity contribution in [1.82, 2.24) is 14.8 Å². The molecule has 0 aliphatic rings. The van der Waals surface area contributed by atoms with Crippen LogP contribution in [0.15, 0.2) is 47.3 Å². The molecule has 0 radical (unpaired) electrons. The van der Waals surface area contributed by atoms with E-state index in [1.807, 2.05) is 0 Å². The van der Waals surface area contributed by atoms with E-state index in [1.54, 1.807) is 18.2 Å². The number of nitrogens with one attached hydrogen (secondary N) is 1. The van der Waals surface area contributed by atoms with Crippen LogP contribution in [0.4, 0.5) is 13.2 Å². The molecule has 3 aromatic rings. The maximum atomic E-state index is 12.6. The first-order valence-corrected chi connectivity index (χ1v) is 7.38. The molecule has 25 heavy (non-hydrogen) atoms. The van der Waals surface area contributed by atoms with Crippen LogP contribution in [0, 0.1) is 0 Å². The largest absolute Gasteiger partial charge is 0.496 e. The van der Waals surface area contributed by atoms with E-state index in [0.29, 0.717) is 16.3 Å². The van der Waals surface area contributed by atoms with Gasteiger partial charge in [-0.1, -0.05) is 11.6 Å². The third-order valence-corrected chi connectivity index (χ3v) is 3.71. The third-order valence-electron chi connectivity index (χ3n) is 3.47. The molecule has 0 fully saturated rings.